The molecule has 1 N–H and O–H groups in total. The highest BCUT2D eigenvalue weighted by Crippen LogP contribution is 2.45. The van der Waals surface area contributed by atoms with Crippen molar-refractivity contribution < 1.29 is 4.79 Å². The zero-order valence-electron chi connectivity index (χ0n) is 21.2. The average molecular weight is 467 g/mol. The van der Waals surface area contributed by atoms with Gasteiger partial charge >= 0.3 is 0 Å². The number of hydrogen-bond acceptors (Lipinski definition) is 3. The predicted molar refractivity (Wildman–Crippen MR) is 143 cm³/mol. The molecule has 1 aromatic heterocycles. The van der Waals surface area contributed by atoms with E-state index in [1.807, 2.05) is 43.9 Å². The highest BCUT2D eigenvalue weighted by molar-refractivity contribution is 6.00. The average Bonchev–Trinajstić information content (AvgIpc) is 3.33. The molecular formula is C30H34N4O. The summed E-state index contributed by atoms with van der Waals surface area (Å²) in [4.78, 5) is 16.5. The minimum absolute atomic E-state index is 0.134. The maximum atomic E-state index is 12.2. The summed E-state index contributed by atoms with van der Waals surface area (Å²) in [7, 11) is 0. The van der Waals surface area contributed by atoms with Crippen molar-refractivity contribution in [2.24, 2.45) is 5.41 Å². The maximum absolute atomic E-state index is 12.2. The zero-order chi connectivity index (χ0) is 25.4. The van der Waals surface area contributed by atoms with Crippen LogP contribution in [0.25, 0.3) is 0 Å². The monoisotopic (exact) mass is 466 g/mol. The van der Waals surface area contributed by atoms with Crippen LogP contribution in [0.3, 0.4) is 0 Å². The second-order valence-corrected chi connectivity index (χ2v) is 9.71. The molecule has 1 heterocycles. The number of aromatic nitrogens is 2. The number of imidazole rings is 1. The number of nitrogens with one attached hydrogen (secondary N) is 1. The van der Waals surface area contributed by atoms with Gasteiger partial charge < -0.3 is 9.88 Å². The third-order valence-corrected chi connectivity index (χ3v) is 6.45. The van der Waals surface area contributed by atoms with Crippen molar-refractivity contribution in [3.05, 3.63) is 107 Å². The quantitative estimate of drug-likeness (QED) is 0.350. The number of carbonyl (C=O) groups excluding carboxylic acids is 1. The summed E-state index contributed by atoms with van der Waals surface area (Å²) in [6.07, 6.45) is 19.9. The van der Waals surface area contributed by atoms with E-state index < -0.39 is 0 Å². The molecule has 35 heavy (non-hydrogen) atoms. The first-order chi connectivity index (χ1) is 16.7. The van der Waals surface area contributed by atoms with Gasteiger partial charge in [-0.15, -0.1) is 0 Å². The molecule has 3 rings (SSSR count). The van der Waals surface area contributed by atoms with Crippen molar-refractivity contribution in [1.82, 2.24) is 9.55 Å². The second kappa shape index (κ2) is 11.5. The molecule has 0 aliphatic heterocycles. The summed E-state index contributed by atoms with van der Waals surface area (Å²) in [5.74, 6) is -0.202. The van der Waals surface area contributed by atoms with Gasteiger partial charge in [-0.2, -0.15) is 5.26 Å². The molecule has 1 aromatic carbocycles. The molecule has 180 valence electrons. The molecule has 0 radical (unpaired) electrons. The van der Waals surface area contributed by atoms with E-state index in [0.717, 1.165) is 24.0 Å². The van der Waals surface area contributed by atoms with Crippen molar-refractivity contribution in [3.63, 3.8) is 0 Å². The minimum atomic E-state index is -0.202. The van der Waals surface area contributed by atoms with Crippen LogP contribution in [0.4, 0.5) is 5.69 Å². The number of allylic oxidation sites excluding steroid dienone is 9. The number of benzene rings is 1. The molecule has 5 nitrogen and oxygen atoms in total. The fourth-order valence-electron chi connectivity index (χ4n) is 4.43. The molecule has 0 saturated carbocycles. The minimum Gasteiger partial charge on any atom is -0.330 e. The van der Waals surface area contributed by atoms with Crippen molar-refractivity contribution >= 4 is 11.6 Å². The molecule has 1 atom stereocenters. The van der Waals surface area contributed by atoms with Crippen LogP contribution >= 0.6 is 0 Å². The Bertz CT molecular complexity index is 1230. The Morgan fingerprint density at radius 2 is 1.94 bits per heavy atom. The van der Waals surface area contributed by atoms with Gasteiger partial charge in [0.2, 0.25) is 5.91 Å². The van der Waals surface area contributed by atoms with Crippen LogP contribution in [0.15, 0.2) is 102 Å². The van der Waals surface area contributed by atoms with E-state index in [4.69, 9.17) is 5.26 Å². The molecular weight excluding hydrogens is 432 g/mol. The van der Waals surface area contributed by atoms with E-state index in [0.29, 0.717) is 17.3 Å². The van der Waals surface area contributed by atoms with Crippen molar-refractivity contribution in [3.8, 4) is 6.07 Å². The molecule has 5 heteroatoms. The molecule has 0 fully saturated rings. The normalized spacial score (nSPS) is 18.8. The van der Waals surface area contributed by atoms with Crippen molar-refractivity contribution in [2.75, 3.05) is 5.32 Å². The first-order valence-corrected chi connectivity index (χ1v) is 11.9. The Morgan fingerprint density at radius 1 is 1.20 bits per heavy atom. The first-order valence-electron chi connectivity index (χ1n) is 11.9. The highest BCUT2D eigenvalue weighted by Gasteiger charge is 2.32. The molecule has 1 aliphatic rings. The Labute approximate surface area is 208 Å². The Morgan fingerprint density at radius 3 is 2.60 bits per heavy atom. The SMILES string of the molecule is CC1=C(/C=C/C(C)=C/C=C/C(C)=C\C(=O)Nc2ccc(C#N)cc2)C(C)(C)CCC1n1ccnc1. The van der Waals surface area contributed by atoms with Crippen molar-refractivity contribution in [1.29, 1.82) is 5.26 Å². The van der Waals surface area contributed by atoms with Gasteiger partial charge in [-0.05, 0) is 80.0 Å². The predicted octanol–water partition coefficient (Wildman–Crippen LogP) is 7.08. The van der Waals surface area contributed by atoms with Gasteiger partial charge in [-0.25, -0.2) is 4.98 Å². The summed E-state index contributed by atoms with van der Waals surface area (Å²) in [5.41, 5.74) is 6.12. The number of nitriles is 1. The third-order valence-electron chi connectivity index (χ3n) is 6.45. The molecule has 0 saturated heterocycles. The summed E-state index contributed by atoms with van der Waals surface area (Å²) < 4.78 is 2.20. The topological polar surface area (TPSA) is 70.7 Å². The summed E-state index contributed by atoms with van der Waals surface area (Å²) in [5, 5.41) is 11.7. The Hall–Kier alpha value is -3.91. The lowest BCUT2D eigenvalue weighted by Crippen LogP contribution is -2.25. The van der Waals surface area contributed by atoms with Gasteiger partial charge in [0.25, 0.3) is 0 Å². The summed E-state index contributed by atoms with van der Waals surface area (Å²) >= 11 is 0. The smallest absolute Gasteiger partial charge is 0.248 e. The van der Waals surface area contributed by atoms with E-state index >= 15 is 0 Å². The maximum Gasteiger partial charge on any atom is 0.248 e. The lowest BCUT2D eigenvalue weighted by molar-refractivity contribution is -0.111. The van der Waals surface area contributed by atoms with Crippen LogP contribution in [0.1, 0.15) is 59.1 Å². The number of rotatable bonds is 7. The zero-order valence-corrected chi connectivity index (χ0v) is 21.2. The van der Waals surface area contributed by atoms with Gasteiger partial charge in [0, 0.05) is 24.2 Å². The van der Waals surface area contributed by atoms with Crippen molar-refractivity contribution in [2.45, 2.75) is 53.5 Å². The second-order valence-electron chi connectivity index (χ2n) is 9.71. The summed E-state index contributed by atoms with van der Waals surface area (Å²) in [6, 6.07) is 9.21. The Balaban J connectivity index is 1.64. The van der Waals surface area contributed by atoms with Gasteiger partial charge in [0.1, 0.15) is 0 Å². The Kier molecular flexibility index (Phi) is 8.43. The highest BCUT2D eigenvalue weighted by atomic mass is 16.1. The molecule has 0 bridgehead atoms. The number of nitrogens with zero attached hydrogens (tertiary/aromatic N) is 3. The van der Waals surface area contributed by atoms with Gasteiger partial charge in [0.05, 0.1) is 24.0 Å². The fourth-order valence-corrected chi connectivity index (χ4v) is 4.43. The van der Waals surface area contributed by atoms with E-state index in [1.165, 1.54) is 11.1 Å². The van der Waals surface area contributed by atoms with E-state index in [-0.39, 0.29) is 11.3 Å². The first kappa shape index (κ1) is 25.7. The van der Waals surface area contributed by atoms with E-state index in [1.54, 1.807) is 30.3 Å². The van der Waals surface area contributed by atoms with E-state index in [2.05, 4.69) is 60.8 Å². The molecule has 1 unspecified atom stereocenters. The van der Waals surface area contributed by atoms with Crippen LogP contribution < -0.4 is 5.32 Å². The van der Waals surface area contributed by atoms with Crippen LogP contribution in [0.5, 0.6) is 0 Å². The van der Waals surface area contributed by atoms with Gasteiger partial charge in [-0.1, -0.05) is 49.8 Å². The number of anilines is 1. The standard InChI is InChI=1S/C30H34N4O/c1-22(7-6-8-23(2)19-29(35)33-26-12-10-25(20-31)11-13-26)9-14-27-24(3)28(15-16-30(27,4)5)34-18-17-32-21-34/h6-14,17-19,21,28H,15-16H2,1-5H3,(H,33,35)/b8-6+,14-9+,22-7+,23-19-. The molecule has 1 aliphatic carbocycles. The molecule has 0 spiro atoms. The van der Waals surface area contributed by atoms with Crippen LogP contribution in [0.2, 0.25) is 0 Å². The molecule has 2 aromatic rings. The van der Waals surface area contributed by atoms with Crippen LogP contribution in [-0.4, -0.2) is 15.5 Å². The fraction of sp³-hybridized carbons (Fsp3) is 0.300. The number of hydrogen-bond donors (Lipinski definition) is 1. The lowest BCUT2D eigenvalue weighted by atomic mass is 9.71. The molecule has 1 amide bonds. The number of carbonyl (C=O) groups is 1. The van der Waals surface area contributed by atoms with Gasteiger partial charge in [-0.3, -0.25) is 4.79 Å². The van der Waals surface area contributed by atoms with Gasteiger partial charge in [0.15, 0.2) is 0 Å². The summed E-state index contributed by atoms with van der Waals surface area (Å²) in [6.45, 7) is 10.8. The third kappa shape index (κ3) is 7.04. The van der Waals surface area contributed by atoms with E-state index in [9.17, 15) is 4.79 Å². The van der Waals surface area contributed by atoms with Crippen LogP contribution in [0, 0.1) is 16.7 Å². The van der Waals surface area contributed by atoms with Crippen LogP contribution in [-0.2, 0) is 4.79 Å². The largest absolute Gasteiger partial charge is 0.330 e. The number of amides is 1. The lowest BCUT2D eigenvalue weighted by Gasteiger charge is -2.37.